The molecule has 0 saturated heterocycles. The van der Waals surface area contributed by atoms with Crippen molar-refractivity contribution < 1.29 is 22.4 Å². The summed E-state index contributed by atoms with van der Waals surface area (Å²) in [6.07, 6.45) is -4.87. The standard InChI is InChI=1S/C12H11Cl2F4NO/c1-11(5-13,6-14)19-10(20)7-3-2-4-8(9(7)15)12(16,17)18/h2-4H,5-6H2,1H3,(H,19,20). The van der Waals surface area contributed by atoms with Crippen molar-refractivity contribution in [2.45, 2.75) is 18.6 Å². The van der Waals surface area contributed by atoms with Crippen molar-refractivity contribution in [3.8, 4) is 0 Å². The van der Waals surface area contributed by atoms with E-state index < -0.39 is 34.6 Å². The summed E-state index contributed by atoms with van der Waals surface area (Å²) >= 11 is 11.2. The predicted molar refractivity (Wildman–Crippen MR) is 68.7 cm³/mol. The van der Waals surface area contributed by atoms with Gasteiger partial charge >= 0.3 is 6.18 Å². The first-order valence-electron chi connectivity index (χ1n) is 5.45. The van der Waals surface area contributed by atoms with Crippen molar-refractivity contribution in [3.05, 3.63) is 35.1 Å². The van der Waals surface area contributed by atoms with E-state index in [4.69, 9.17) is 23.2 Å². The Hall–Kier alpha value is -1.01. The molecule has 8 heteroatoms. The lowest BCUT2D eigenvalue weighted by Crippen LogP contribution is -2.49. The number of nitrogens with one attached hydrogen (secondary N) is 1. The number of hydrogen-bond donors (Lipinski definition) is 1. The lowest BCUT2D eigenvalue weighted by atomic mass is 10.0. The highest BCUT2D eigenvalue weighted by molar-refractivity contribution is 6.22. The van der Waals surface area contributed by atoms with E-state index in [0.717, 1.165) is 12.1 Å². The molecule has 0 spiro atoms. The Balaban J connectivity index is 3.13. The Morgan fingerprint density at radius 1 is 1.25 bits per heavy atom. The highest BCUT2D eigenvalue weighted by Crippen LogP contribution is 2.32. The molecule has 1 N–H and O–H groups in total. The third kappa shape index (κ3) is 3.76. The zero-order chi connectivity index (χ0) is 15.6. The molecule has 1 rings (SSSR count). The molecule has 0 saturated carbocycles. The molecule has 0 aliphatic rings. The molecule has 0 aliphatic heterocycles. The van der Waals surface area contributed by atoms with Gasteiger partial charge in [0.15, 0.2) is 0 Å². The first-order valence-corrected chi connectivity index (χ1v) is 6.51. The first kappa shape index (κ1) is 17.0. The molecule has 0 unspecified atom stereocenters. The maximum absolute atomic E-state index is 13.8. The average Bonchev–Trinajstić information content (AvgIpc) is 2.37. The number of alkyl halides is 5. The summed E-state index contributed by atoms with van der Waals surface area (Å²) in [6.45, 7) is 1.50. The van der Waals surface area contributed by atoms with Gasteiger partial charge < -0.3 is 5.32 Å². The van der Waals surface area contributed by atoms with Gasteiger partial charge in [-0.05, 0) is 19.1 Å². The number of carbonyl (C=O) groups excluding carboxylic acids is 1. The van der Waals surface area contributed by atoms with Crippen molar-refractivity contribution in [2.75, 3.05) is 11.8 Å². The van der Waals surface area contributed by atoms with Crippen LogP contribution in [-0.4, -0.2) is 23.2 Å². The molecule has 0 bridgehead atoms. The SMILES string of the molecule is CC(CCl)(CCl)NC(=O)c1cccc(C(F)(F)F)c1F. The second-order valence-electron chi connectivity index (χ2n) is 4.45. The summed E-state index contributed by atoms with van der Waals surface area (Å²) in [5, 5.41) is 2.32. The maximum atomic E-state index is 13.8. The Bertz CT molecular complexity index is 501. The molecular formula is C12H11Cl2F4NO. The Morgan fingerprint density at radius 2 is 1.80 bits per heavy atom. The van der Waals surface area contributed by atoms with Crippen LogP contribution in [0, 0.1) is 5.82 Å². The van der Waals surface area contributed by atoms with E-state index in [0.29, 0.717) is 6.07 Å². The minimum Gasteiger partial charge on any atom is -0.344 e. The fourth-order valence-electron chi connectivity index (χ4n) is 1.37. The second-order valence-corrected chi connectivity index (χ2v) is 4.98. The van der Waals surface area contributed by atoms with Gasteiger partial charge in [-0.2, -0.15) is 13.2 Å². The highest BCUT2D eigenvalue weighted by Gasteiger charge is 2.36. The van der Waals surface area contributed by atoms with E-state index in [2.05, 4.69) is 5.32 Å². The third-order valence-electron chi connectivity index (χ3n) is 2.55. The molecule has 0 aliphatic carbocycles. The van der Waals surface area contributed by atoms with Crippen LogP contribution in [0.15, 0.2) is 18.2 Å². The lowest BCUT2D eigenvalue weighted by Gasteiger charge is -2.26. The molecule has 0 fully saturated rings. The molecule has 20 heavy (non-hydrogen) atoms. The molecule has 112 valence electrons. The summed E-state index contributed by atoms with van der Waals surface area (Å²) in [5.41, 5.74) is -3.24. The quantitative estimate of drug-likeness (QED) is 0.659. The van der Waals surface area contributed by atoms with Crippen LogP contribution in [0.5, 0.6) is 0 Å². The minimum atomic E-state index is -4.87. The highest BCUT2D eigenvalue weighted by atomic mass is 35.5. The largest absolute Gasteiger partial charge is 0.419 e. The van der Waals surface area contributed by atoms with Gasteiger partial charge in [0, 0.05) is 11.8 Å². The van der Waals surface area contributed by atoms with Crippen LogP contribution >= 0.6 is 23.2 Å². The normalized spacial score (nSPS) is 12.3. The first-order chi connectivity index (χ1) is 9.14. The Morgan fingerprint density at radius 3 is 2.25 bits per heavy atom. The second kappa shape index (κ2) is 6.18. The van der Waals surface area contributed by atoms with Crippen LogP contribution in [0.4, 0.5) is 17.6 Å². The number of rotatable bonds is 4. The third-order valence-corrected chi connectivity index (χ3v) is 3.73. The summed E-state index contributed by atoms with van der Waals surface area (Å²) in [4.78, 5) is 11.8. The van der Waals surface area contributed by atoms with Gasteiger partial charge in [0.1, 0.15) is 5.82 Å². The van der Waals surface area contributed by atoms with Crippen molar-refractivity contribution in [2.24, 2.45) is 0 Å². The predicted octanol–water partition coefficient (Wildman–Crippen LogP) is 3.81. The number of hydrogen-bond acceptors (Lipinski definition) is 1. The van der Waals surface area contributed by atoms with Crippen molar-refractivity contribution in [1.82, 2.24) is 5.32 Å². The summed E-state index contributed by atoms with van der Waals surface area (Å²) in [7, 11) is 0. The molecular weight excluding hydrogens is 321 g/mol. The van der Waals surface area contributed by atoms with E-state index in [1.807, 2.05) is 0 Å². The maximum Gasteiger partial charge on any atom is 0.419 e. The van der Waals surface area contributed by atoms with Gasteiger partial charge in [-0.3, -0.25) is 4.79 Å². The summed E-state index contributed by atoms with van der Waals surface area (Å²) in [6, 6.07) is 2.48. The van der Waals surface area contributed by atoms with Crippen LogP contribution in [0.1, 0.15) is 22.8 Å². The van der Waals surface area contributed by atoms with E-state index >= 15 is 0 Å². The number of amides is 1. The topological polar surface area (TPSA) is 29.1 Å². The van der Waals surface area contributed by atoms with Gasteiger partial charge in [-0.1, -0.05) is 6.07 Å². The van der Waals surface area contributed by atoms with Gasteiger partial charge in [-0.15, -0.1) is 23.2 Å². The Labute approximate surface area is 123 Å². The molecule has 1 aromatic rings. The minimum absolute atomic E-state index is 0.0666. The fourth-order valence-corrected chi connectivity index (χ4v) is 1.79. The van der Waals surface area contributed by atoms with Gasteiger partial charge in [-0.25, -0.2) is 4.39 Å². The molecule has 1 amide bonds. The zero-order valence-electron chi connectivity index (χ0n) is 10.3. The van der Waals surface area contributed by atoms with Crippen LogP contribution in [0.2, 0.25) is 0 Å². The van der Waals surface area contributed by atoms with Crippen molar-refractivity contribution in [3.63, 3.8) is 0 Å². The molecule has 0 atom stereocenters. The van der Waals surface area contributed by atoms with Gasteiger partial charge in [0.25, 0.3) is 5.91 Å². The van der Waals surface area contributed by atoms with Crippen LogP contribution < -0.4 is 5.32 Å². The van der Waals surface area contributed by atoms with Crippen LogP contribution in [-0.2, 0) is 6.18 Å². The van der Waals surface area contributed by atoms with Crippen molar-refractivity contribution >= 4 is 29.1 Å². The van der Waals surface area contributed by atoms with E-state index in [1.165, 1.54) is 6.92 Å². The van der Waals surface area contributed by atoms with Crippen LogP contribution in [0.3, 0.4) is 0 Å². The smallest absolute Gasteiger partial charge is 0.344 e. The fraction of sp³-hybridized carbons (Fsp3) is 0.417. The monoisotopic (exact) mass is 331 g/mol. The number of halogens is 6. The van der Waals surface area contributed by atoms with E-state index in [-0.39, 0.29) is 11.8 Å². The van der Waals surface area contributed by atoms with Crippen molar-refractivity contribution in [1.29, 1.82) is 0 Å². The molecule has 0 aromatic heterocycles. The molecule has 1 aromatic carbocycles. The zero-order valence-corrected chi connectivity index (χ0v) is 11.8. The summed E-state index contributed by atoms with van der Waals surface area (Å²) < 4.78 is 51.4. The van der Waals surface area contributed by atoms with Gasteiger partial charge in [0.05, 0.1) is 16.7 Å². The Kier molecular flexibility index (Phi) is 5.27. The molecule has 0 radical (unpaired) electrons. The van der Waals surface area contributed by atoms with E-state index in [9.17, 15) is 22.4 Å². The summed E-state index contributed by atoms with van der Waals surface area (Å²) in [5.74, 6) is -2.76. The van der Waals surface area contributed by atoms with E-state index in [1.54, 1.807) is 0 Å². The molecule has 0 heterocycles. The number of benzene rings is 1. The number of carbonyl (C=O) groups is 1. The van der Waals surface area contributed by atoms with Crippen LogP contribution in [0.25, 0.3) is 0 Å². The lowest BCUT2D eigenvalue weighted by molar-refractivity contribution is -0.140. The molecule has 2 nitrogen and oxygen atoms in total. The average molecular weight is 332 g/mol. The van der Waals surface area contributed by atoms with Gasteiger partial charge in [0.2, 0.25) is 0 Å².